The summed E-state index contributed by atoms with van der Waals surface area (Å²) in [7, 11) is 0. The van der Waals surface area contributed by atoms with Crippen molar-refractivity contribution in [3.05, 3.63) is 58.4 Å². The van der Waals surface area contributed by atoms with Gasteiger partial charge < -0.3 is 5.73 Å². The summed E-state index contributed by atoms with van der Waals surface area (Å²) in [6, 6.07) is 10.5. The molecule has 0 heterocycles. The van der Waals surface area contributed by atoms with E-state index in [1.807, 2.05) is 25.1 Å². The van der Waals surface area contributed by atoms with Crippen molar-refractivity contribution in [3.63, 3.8) is 0 Å². The smallest absolute Gasteiger partial charge is 0.124 e. The molecule has 0 unspecified atom stereocenters. The zero-order valence-corrected chi connectivity index (χ0v) is 10.3. The maximum atomic E-state index is 13.3. The molecule has 2 rings (SSSR count). The van der Waals surface area contributed by atoms with Crippen molar-refractivity contribution in [2.75, 3.05) is 0 Å². The first-order valence-electron chi connectivity index (χ1n) is 5.36. The molecule has 0 saturated heterocycles. The van der Waals surface area contributed by atoms with E-state index in [-0.39, 0.29) is 5.82 Å². The van der Waals surface area contributed by atoms with Crippen LogP contribution in [0.15, 0.2) is 36.4 Å². The Balaban J connectivity index is 2.52. The van der Waals surface area contributed by atoms with E-state index >= 15 is 0 Å². The van der Waals surface area contributed by atoms with Crippen molar-refractivity contribution in [1.82, 2.24) is 0 Å². The van der Waals surface area contributed by atoms with Gasteiger partial charge in [-0.15, -0.1) is 0 Å². The van der Waals surface area contributed by atoms with Crippen molar-refractivity contribution in [3.8, 4) is 11.1 Å². The number of nitrogens with two attached hydrogens (primary N) is 1. The highest BCUT2D eigenvalue weighted by Crippen LogP contribution is 2.26. The molecule has 2 aromatic carbocycles. The minimum absolute atomic E-state index is 0.232. The number of aryl methyl sites for hydroxylation is 1. The molecule has 0 atom stereocenters. The molecule has 0 spiro atoms. The van der Waals surface area contributed by atoms with Gasteiger partial charge in [0.15, 0.2) is 0 Å². The van der Waals surface area contributed by atoms with Crippen LogP contribution in [0.4, 0.5) is 4.39 Å². The van der Waals surface area contributed by atoms with Gasteiger partial charge in [-0.2, -0.15) is 0 Å². The van der Waals surface area contributed by atoms with E-state index in [9.17, 15) is 4.39 Å². The molecule has 2 N–H and O–H groups in total. The predicted molar refractivity (Wildman–Crippen MR) is 69.5 cm³/mol. The Bertz CT molecular complexity index is 532. The summed E-state index contributed by atoms with van der Waals surface area (Å²) in [4.78, 5) is 0. The van der Waals surface area contributed by atoms with Crippen LogP contribution in [0.5, 0.6) is 0 Å². The summed E-state index contributed by atoms with van der Waals surface area (Å²) in [5.74, 6) is -0.232. The molecule has 0 fully saturated rings. The van der Waals surface area contributed by atoms with E-state index in [0.29, 0.717) is 11.6 Å². The Morgan fingerprint density at radius 1 is 1.12 bits per heavy atom. The number of hydrogen-bond acceptors (Lipinski definition) is 1. The van der Waals surface area contributed by atoms with Gasteiger partial charge in [0.25, 0.3) is 0 Å². The third kappa shape index (κ3) is 2.65. The Kier molecular flexibility index (Phi) is 3.46. The van der Waals surface area contributed by atoms with Crippen molar-refractivity contribution >= 4 is 11.6 Å². The topological polar surface area (TPSA) is 26.0 Å². The molecule has 0 aromatic heterocycles. The number of hydrogen-bond donors (Lipinski definition) is 1. The van der Waals surface area contributed by atoms with E-state index in [1.54, 1.807) is 6.07 Å². The van der Waals surface area contributed by atoms with Gasteiger partial charge in [0.1, 0.15) is 5.82 Å². The number of rotatable bonds is 2. The third-order valence-electron chi connectivity index (χ3n) is 2.64. The van der Waals surface area contributed by atoms with Crippen molar-refractivity contribution in [2.45, 2.75) is 13.5 Å². The first-order chi connectivity index (χ1) is 8.10. The number of halogens is 2. The maximum Gasteiger partial charge on any atom is 0.124 e. The molecular weight excluding hydrogens is 237 g/mol. The van der Waals surface area contributed by atoms with Crippen LogP contribution in [0.2, 0.25) is 5.02 Å². The lowest BCUT2D eigenvalue weighted by atomic mass is 10.0. The summed E-state index contributed by atoms with van der Waals surface area (Å²) in [5.41, 5.74) is 9.13. The van der Waals surface area contributed by atoms with Gasteiger partial charge in [0, 0.05) is 11.6 Å². The fourth-order valence-corrected chi connectivity index (χ4v) is 2.01. The van der Waals surface area contributed by atoms with Gasteiger partial charge in [-0.25, -0.2) is 4.39 Å². The average Bonchev–Trinajstić information content (AvgIpc) is 2.28. The quantitative estimate of drug-likeness (QED) is 0.858. The molecule has 0 aliphatic carbocycles. The first kappa shape index (κ1) is 12.1. The van der Waals surface area contributed by atoms with Gasteiger partial charge in [0.2, 0.25) is 0 Å². The largest absolute Gasteiger partial charge is 0.326 e. The van der Waals surface area contributed by atoms with Crippen LogP contribution < -0.4 is 5.73 Å². The Morgan fingerprint density at radius 2 is 1.88 bits per heavy atom. The van der Waals surface area contributed by atoms with Crippen LogP contribution in [0.25, 0.3) is 11.1 Å². The molecule has 0 amide bonds. The minimum Gasteiger partial charge on any atom is -0.326 e. The summed E-state index contributed by atoms with van der Waals surface area (Å²) >= 11 is 5.99. The van der Waals surface area contributed by atoms with Gasteiger partial charge in [0.05, 0.1) is 0 Å². The summed E-state index contributed by atoms with van der Waals surface area (Å²) < 4.78 is 13.3. The minimum atomic E-state index is -0.232. The molecule has 0 radical (unpaired) electrons. The monoisotopic (exact) mass is 249 g/mol. The van der Waals surface area contributed by atoms with E-state index in [1.165, 1.54) is 12.1 Å². The lowest BCUT2D eigenvalue weighted by molar-refractivity contribution is 0.627. The molecular formula is C14H13ClFN. The maximum absolute atomic E-state index is 13.3. The number of benzene rings is 2. The van der Waals surface area contributed by atoms with Crippen LogP contribution in [0.1, 0.15) is 11.1 Å². The standard InChI is InChI=1S/C14H13ClFN/c1-9-4-11(7-13(16)5-9)10-2-3-14(15)12(6-10)8-17/h2-7H,8,17H2,1H3. The zero-order valence-electron chi connectivity index (χ0n) is 9.50. The normalized spacial score (nSPS) is 10.6. The molecule has 0 bridgehead atoms. The molecule has 2 aromatic rings. The van der Waals surface area contributed by atoms with E-state index in [2.05, 4.69) is 0 Å². The molecule has 0 saturated carbocycles. The molecule has 0 aliphatic rings. The molecule has 3 heteroatoms. The van der Waals surface area contributed by atoms with Gasteiger partial charge in [-0.3, -0.25) is 0 Å². The Labute approximate surface area is 105 Å². The highest BCUT2D eigenvalue weighted by Gasteiger charge is 2.04. The third-order valence-corrected chi connectivity index (χ3v) is 3.01. The fourth-order valence-electron chi connectivity index (χ4n) is 1.81. The average molecular weight is 250 g/mol. The fraction of sp³-hybridized carbons (Fsp3) is 0.143. The zero-order chi connectivity index (χ0) is 12.4. The Morgan fingerprint density at radius 3 is 2.53 bits per heavy atom. The second-order valence-electron chi connectivity index (χ2n) is 4.03. The van der Waals surface area contributed by atoms with E-state index in [0.717, 1.165) is 22.3 Å². The second-order valence-corrected chi connectivity index (χ2v) is 4.43. The highest BCUT2D eigenvalue weighted by atomic mass is 35.5. The second kappa shape index (κ2) is 4.86. The lowest BCUT2D eigenvalue weighted by Crippen LogP contribution is -1.97. The Hall–Kier alpha value is -1.38. The molecule has 0 aliphatic heterocycles. The summed E-state index contributed by atoms with van der Waals surface area (Å²) in [5, 5.41) is 0.643. The van der Waals surface area contributed by atoms with Crippen molar-refractivity contribution in [1.29, 1.82) is 0 Å². The van der Waals surface area contributed by atoms with Crippen LogP contribution in [0.3, 0.4) is 0 Å². The van der Waals surface area contributed by atoms with Crippen LogP contribution >= 0.6 is 11.6 Å². The van der Waals surface area contributed by atoms with Crippen molar-refractivity contribution in [2.24, 2.45) is 5.73 Å². The molecule has 1 nitrogen and oxygen atoms in total. The van der Waals surface area contributed by atoms with Gasteiger partial charge in [-0.1, -0.05) is 23.7 Å². The van der Waals surface area contributed by atoms with E-state index < -0.39 is 0 Å². The highest BCUT2D eigenvalue weighted by molar-refractivity contribution is 6.31. The molecule has 88 valence electrons. The van der Waals surface area contributed by atoms with Crippen LogP contribution in [-0.2, 0) is 6.54 Å². The van der Waals surface area contributed by atoms with Crippen LogP contribution in [-0.4, -0.2) is 0 Å². The predicted octanol–water partition coefficient (Wildman–Crippen LogP) is 3.91. The van der Waals surface area contributed by atoms with Gasteiger partial charge in [-0.05, 0) is 53.4 Å². The van der Waals surface area contributed by atoms with Gasteiger partial charge >= 0.3 is 0 Å². The molecule has 17 heavy (non-hydrogen) atoms. The van der Waals surface area contributed by atoms with Crippen LogP contribution in [0, 0.1) is 12.7 Å². The van der Waals surface area contributed by atoms with E-state index in [4.69, 9.17) is 17.3 Å². The van der Waals surface area contributed by atoms with Crippen molar-refractivity contribution < 1.29 is 4.39 Å². The SMILES string of the molecule is Cc1cc(F)cc(-c2ccc(Cl)c(CN)c2)c1. The first-order valence-corrected chi connectivity index (χ1v) is 5.74. The lowest BCUT2D eigenvalue weighted by Gasteiger charge is -2.07. The summed E-state index contributed by atoms with van der Waals surface area (Å²) in [6.45, 7) is 2.24. The summed E-state index contributed by atoms with van der Waals surface area (Å²) in [6.07, 6.45) is 0.